The normalized spacial score (nSPS) is 17.6. The number of nitrogens with one attached hydrogen (secondary N) is 1. The molecular weight excluding hydrogens is 364 g/mol. The third kappa shape index (κ3) is 5.25. The van der Waals surface area contributed by atoms with E-state index in [-0.39, 0.29) is 11.5 Å². The first-order valence-corrected chi connectivity index (χ1v) is 10.2. The van der Waals surface area contributed by atoms with Gasteiger partial charge in [0.15, 0.2) is 5.78 Å². The molecule has 0 aromatic heterocycles. The number of phenols is 1. The van der Waals surface area contributed by atoms with Crippen LogP contribution < -0.4 is 10.1 Å². The Morgan fingerprint density at radius 1 is 1.31 bits per heavy atom. The molecule has 0 radical (unpaired) electrons. The molecule has 2 aromatic carbocycles. The molecule has 0 spiro atoms. The molecule has 1 aliphatic rings. The fraction of sp³-hybridized carbons (Fsp3) is 0.375. The van der Waals surface area contributed by atoms with Crippen LogP contribution in [0.2, 0.25) is 0 Å². The summed E-state index contributed by atoms with van der Waals surface area (Å²) in [5.74, 6) is 0.325. The molecule has 2 N–H and O–H groups in total. The van der Waals surface area contributed by atoms with Crippen LogP contribution in [0.5, 0.6) is 11.5 Å². The lowest BCUT2D eigenvalue weighted by molar-refractivity contribution is 0.104. The molecule has 1 aliphatic heterocycles. The third-order valence-corrected chi connectivity index (χ3v) is 5.49. The minimum atomic E-state index is -0.223. The van der Waals surface area contributed by atoms with Gasteiger partial charge in [-0.1, -0.05) is 42.8 Å². The Bertz CT molecular complexity index is 874. The molecule has 1 atom stereocenters. The average Bonchev–Trinajstić information content (AvgIpc) is 2.74. The second-order valence-corrected chi connectivity index (χ2v) is 7.53. The van der Waals surface area contributed by atoms with Gasteiger partial charge in [0.05, 0.1) is 12.7 Å². The molecule has 2 aromatic rings. The van der Waals surface area contributed by atoms with E-state index >= 15 is 0 Å². The van der Waals surface area contributed by atoms with Crippen LogP contribution in [-0.2, 0) is 6.54 Å². The number of ketones is 1. The molecule has 0 aliphatic carbocycles. The van der Waals surface area contributed by atoms with Crippen molar-refractivity contribution in [1.82, 2.24) is 10.2 Å². The number of hydrogen-bond donors (Lipinski definition) is 2. The number of ether oxygens (including phenoxy) is 1. The number of carbonyl (C=O) groups excluding carboxylic acids is 1. The molecule has 1 heterocycles. The number of aryl methyl sites for hydroxylation is 1. The molecule has 0 bridgehead atoms. The van der Waals surface area contributed by atoms with E-state index in [1.54, 1.807) is 25.3 Å². The molecule has 0 saturated carbocycles. The number of allylic oxidation sites excluding steroid dienone is 1. The van der Waals surface area contributed by atoms with Crippen molar-refractivity contribution in [1.29, 1.82) is 0 Å². The predicted molar refractivity (Wildman–Crippen MR) is 117 cm³/mol. The maximum absolute atomic E-state index is 12.8. The van der Waals surface area contributed by atoms with Gasteiger partial charge in [-0.3, -0.25) is 9.69 Å². The van der Waals surface area contributed by atoms with Crippen LogP contribution in [0.1, 0.15) is 40.4 Å². The lowest BCUT2D eigenvalue weighted by Crippen LogP contribution is -2.50. The van der Waals surface area contributed by atoms with Gasteiger partial charge in [0, 0.05) is 43.9 Å². The van der Waals surface area contributed by atoms with Crippen molar-refractivity contribution < 1.29 is 14.6 Å². The summed E-state index contributed by atoms with van der Waals surface area (Å²) < 4.78 is 5.48. The van der Waals surface area contributed by atoms with Crippen LogP contribution in [0.25, 0.3) is 6.08 Å². The second kappa shape index (κ2) is 9.72. The van der Waals surface area contributed by atoms with Crippen molar-refractivity contribution in [2.24, 2.45) is 0 Å². The Morgan fingerprint density at radius 3 is 2.76 bits per heavy atom. The van der Waals surface area contributed by atoms with E-state index in [0.29, 0.717) is 23.9 Å². The summed E-state index contributed by atoms with van der Waals surface area (Å²) in [6.07, 6.45) is 4.34. The smallest absolute Gasteiger partial charge is 0.189 e. The van der Waals surface area contributed by atoms with Gasteiger partial charge < -0.3 is 15.2 Å². The van der Waals surface area contributed by atoms with Gasteiger partial charge in [-0.25, -0.2) is 0 Å². The van der Waals surface area contributed by atoms with E-state index in [2.05, 4.69) is 17.1 Å². The molecule has 5 heteroatoms. The maximum Gasteiger partial charge on any atom is 0.189 e. The zero-order valence-corrected chi connectivity index (χ0v) is 17.4. The number of phenolic OH excluding ortho intramolecular Hbond substituents is 1. The van der Waals surface area contributed by atoms with Crippen LogP contribution in [-0.4, -0.2) is 48.6 Å². The number of piperazine rings is 1. The largest absolute Gasteiger partial charge is 0.507 e. The standard InChI is InChI=1S/C24H30N2O3/c1-4-20-15-25-11-12-26(20)16-19-13-21(23(28)14-24(19)29-3)22(27)10-9-18-7-5-17(2)6-8-18/h5-10,13-14,20,25,28H,4,11-12,15-16H2,1-3H3/b10-9+. The topological polar surface area (TPSA) is 61.8 Å². The highest BCUT2D eigenvalue weighted by Crippen LogP contribution is 2.30. The number of rotatable bonds is 7. The number of benzene rings is 2. The quantitative estimate of drug-likeness (QED) is 0.553. The van der Waals surface area contributed by atoms with E-state index in [1.165, 1.54) is 11.6 Å². The highest BCUT2D eigenvalue weighted by molar-refractivity contribution is 6.08. The summed E-state index contributed by atoms with van der Waals surface area (Å²) in [5, 5.41) is 13.8. The Labute approximate surface area is 173 Å². The Kier molecular flexibility index (Phi) is 7.07. The van der Waals surface area contributed by atoms with Crippen molar-refractivity contribution in [2.45, 2.75) is 32.9 Å². The molecule has 5 nitrogen and oxygen atoms in total. The average molecular weight is 395 g/mol. The van der Waals surface area contributed by atoms with Gasteiger partial charge >= 0.3 is 0 Å². The molecule has 3 rings (SSSR count). The number of carbonyl (C=O) groups is 1. The number of aromatic hydroxyl groups is 1. The zero-order chi connectivity index (χ0) is 20.8. The summed E-state index contributed by atoms with van der Waals surface area (Å²) in [5.41, 5.74) is 3.33. The summed E-state index contributed by atoms with van der Waals surface area (Å²) in [6, 6.07) is 11.7. The molecule has 0 amide bonds. The fourth-order valence-corrected chi connectivity index (χ4v) is 3.70. The van der Waals surface area contributed by atoms with Crippen LogP contribution in [0, 0.1) is 6.92 Å². The second-order valence-electron chi connectivity index (χ2n) is 7.53. The van der Waals surface area contributed by atoms with E-state index < -0.39 is 0 Å². The van der Waals surface area contributed by atoms with Crippen molar-refractivity contribution in [3.05, 3.63) is 64.7 Å². The van der Waals surface area contributed by atoms with Crippen LogP contribution >= 0.6 is 0 Å². The summed E-state index contributed by atoms with van der Waals surface area (Å²) in [7, 11) is 1.59. The van der Waals surface area contributed by atoms with Gasteiger partial charge in [-0.15, -0.1) is 0 Å². The summed E-state index contributed by atoms with van der Waals surface area (Å²) in [4.78, 5) is 15.2. The number of methoxy groups -OCH3 is 1. The van der Waals surface area contributed by atoms with Crippen LogP contribution in [0.15, 0.2) is 42.5 Å². The molecule has 1 unspecified atom stereocenters. The highest BCUT2D eigenvalue weighted by atomic mass is 16.5. The lowest BCUT2D eigenvalue weighted by atomic mass is 10.0. The first-order valence-electron chi connectivity index (χ1n) is 10.2. The SMILES string of the molecule is CCC1CNCCN1Cc1cc(C(=O)/C=C/c2ccc(C)cc2)c(O)cc1OC. The Hall–Kier alpha value is -2.63. The van der Waals surface area contributed by atoms with Crippen molar-refractivity contribution in [3.63, 3.8) is 0 Å². The summed E-state index contributed by atoms with van der Waals surface area (Å²) >= 11 is 0. The van der Waals surface area contributed by atoms with Gasteiger partial charge in [0.25, 0.3) is 0 Å². The lowest BCUT2D eigenvalue weighted by Gasteiger charge is -2.36. The minimum Gasteiger partial charge on any atom is -0.507 e. The molecular formula is C24H30N2O3. The number of hydrogen-bond acceptors (Lipinski definition) is 5. The predicted octanol–water partition coefficient (Wildman–Crippen LogP) is 3.79. The zero-order valence-electron chi connectivity index (χ0n) is 17.4. The first-order chi connectivity index (χ1) is 14.0. The minimum absolute atomic E-state index is 0.0588. The molecule has 154 valence electrons. The summed E-state index contributed by atoms with van der Waals surface area (Å²) in [6.45, 7) is 7.75. The van der Waals surface area contributed by atoms with E-state index in [1.807, 2.05) is 31.2 Å². The van der Waals surface area contributed by atoms with E-state index in [9.17, 15) is 9.90 Å². The van der Waals surface area contributed by atoms with Gasteiger partial charge in [0.2, 0.25) is 0 Å². The van der Waals surface area contributed by atoms with Gasteiger partial charge in [0.1, 0.15) is 11.5 Å². The van der Waals surface area contributed by atoms with E-state index in [0.717, 1.165) is 37.2 Å². The Balaban J connectivity index is 1.84. The highest BCUT2D eigenvalue weighted by Gasteiger charge is 2.23. The molecule has 1 saturated heterocycles. The number of nitrogens with zero attached hydrogens (tertiary/aromatic N) is 1. The third-order valence-electron chi connectivity index (χ3n) is 5.49. The van der Waals surface area contributed by atoms with Crippen LogP contribution in [0.3, 0.4) is 0 Å². The van der Waals surface area contributed by atoms with Crippen molar-refractivity contribution in [2.75, 3.05) is 26.7 Å². The van der Waals surface area contributed by atoms with Crippen molar-refractivity contribution in [3.8, 4) is 11.5 Å². The Morgan fingerprint density at radius 2 is 2.07 bits per heavy atom. The van der Waals surface area contributed by atoms with Gasteiger partial charge in [-0.05, 0) is 31.1 Å². The monoisotopic (exact) mass is 394 g/mol. The van der Waals surface area contributed by atoms with E-state index in [4.69, 9.17) is 4.74 Å². The fourth-order valence-electron chi connectivity index (χ4n) is 3.70. The maximum atomic E-state index is 12.8. The van der Waals surface area contributed by atoms with Crippen molar-refractivity contribution >= 4 is 11.9 Å². The van der Waals surface area contributed by atoms with Gasteiger partial charge in [-0.2, -0.15) is 0 Å². The first kappa shape index (κ1) is 21.1. The molecule has 29 heavy (non-hydrogen) atoms. The molecule has 1 fully saturated rings. The van der Waals surface area contributed by atoms with Crippen LogP contribution in [0.4, 0.5) is 0 Å².